The third-order valence-corrected chi connectivity index (χ3v) is 5.35. The predicted octanol–water partition coefficient (Wildman–Crippen LogP) is 3.98. The van der Waals surface area contributed by atoms with Crippen molar-refractivity contribution in [1.29, 1.82) is 5.41 Å². The largest absolute Gasteiger partial charge is 0.346 e. The summed E-state index contributed by atoms with van der Waals surface area (Å²) in [7, 11) is 1.65. The van der Waals surface area contributed by atoms with Crippen LogP contribution in [0.15, 0.2) is 54.6 Å². The number of guanidine groups is 1. The Hall–Kier alpha value is -2.62. The minimum absolute atomic E-state index is 0.0645. The maximum atomic E-state index is 13.2. The van der Waals surface area contributed by atoms with Gasteiger partial charge in [-0.2, -0.15) is 0 Å². The van der Waals surface area contributed by atoms with Crippen molar-refractivity contribution in [2.45, 2.75) is 44.6 Å². The average molecular weight is 349 g/mol. The smallest absolute Gasteiger partial charge is 0.239 e. The maximum absolute atomic E-state index is 13.2. The van der Waals surface area contributed by atoms with Crippen LogP contribution in [0.3, 0.4) is 0 Å². The summed E-state index contributed by atoms with van der Waals surface area (Å²) in [5.74, 6) is -0.342. The molecule has 2 atom stereocenters. The van der Waals surface area contributed by atoms with Gasteiger partial charge in [0, 0.05) is 7.05 Å². The van der Waals surface area contributed by atoms with Gasteiger partial charge in [0.05, 0.1) is 11.5 Å². The van der Waals surface area contributed by atoms with Crippen molar-refractivity contribution in [2.75, 3.05) is 7.05 Å². The van der Waals surface area contributed by atoms with Crippen molar-refractivity contribution >= 4 is 11.9 Å². The van der Waals surface area contributed by atoms with Crippen LogP contribution in [-0.2, 0) is 15.7 Å². The van der Waals surface area contributed by atoms with Crippen molar-refractivity contribution in [3.63, 3.8) is 0 Å². The van der Waals surface area contributed by atoms with Crippen molar-refractivity contribution in [3.05, 3.63) is 71.3 Å². The lowest BCUT2D eigenvalue weighted by Gasteiger charge is -2.46. The van der Waals surface area contributed by atoms with E-state index in [1.807, 2.05) is 37.3 Å². The first-order chi connectivity index (χ1) is 12.1. The molecule has 0 radical (unpaired) electrons. The molecule has 0 unspecified atom stereocenters. The second-order valence-corrected chi connectivity index (χ2v) is 8.24. The highest BCUT2D eigenvalue weighted by molar-refractivity contribution is 6.02. The lowest BCUT2D eigenvalue weighted by molar-refractivity contribution is -0.131. The lowest BCUT2D eigenvalue weighted by Crippen LogP contribution is -2.62. The van der Waals surface area contributed by atoms with Crippen LogP contribution in [-0.4, -0.2) is 23.8 Å². The minimum Gasteiger partial charge on any atom is -0.346 e. The standard InChI is InChI=1S/C22H27N3O/c1-21(2,3)16-13-11-15(12-14-16)18-19(26)25(5)20(23)24-22(18,4)17-9-7-6-8-10-17/h6-14,18H,1-5H3,(H2,23,24)/t18-,22+/m0/s1. The van der Waals surface area contributed by atoms with Gasteiger partial charge in [-0.3, -0.25) is 15.1 Å². The molecule has 1 amide bonds. The van der Waals surface area contributed by atoms with Gasteiger partial charge < -0.3 is 5.32 Å². The Balaban J connectivity index is 2.11. The molecule has 26 heavy (non-hydrogen) atoms. The number of hydrogen-bond acceptors (Lipinski definition) is 2. The number of carbonyl (C=O) groups is 1. The van der Waals surface area contributed by atoms with Crippen LogP contribution >= 0.6 is 0 Å². The lowest BCUT2D eigenvalue weighted by atomic mass is 9.73. The Morgan fingerprint density at radius 2 is 1.62 bits per heavy atom. The molecule has 1 saturated heterocycles. The zero-order valence-electron chi connectivity index (χ0n) is 16.1. The summed E-state index contributed by atoms with van der Waals surface area (Å²) < 4.78 is 0. The first-order valence-corrected chi connectivity index (χ1v) is 8.95. The van der Waals surface area contributed by atoms with Gasteiger partial charge in [-0.25, -0.2) is 0 Å². The van der Waals surface area contributed by atoms with Crippen LogP contribution < -0.4 is 5.32 Å². The Morgan fingerprint density at radius 1 is 1.04 bits per heavy atom. The Bertz CT molecular complexity index is 821. The van der Waals surface area contributed by atoms with Gasteiger partial charge in [-0.1, -0.05) is 75.4 Å². The van der Waals surface area contributed by atoms with Gasteiger partial charge in [0.15, 0.2) is 5.96 Å². The number of rotatable bonds is 2. The monoisotopic (exact) mass is 349 g/mol. The zero-order chi connectivity index (χ0) is 19.1. The second-order valence-electron chi connectivity index (χ2n) is 8.24. The molecule has 136 valence electrons. The van der Waals surface area contributed by atoms with Gasteiger partial charge in [-0.05, 0) is 29.0 Å². The van der Waals surface area contributed by atoms with Gasteiger partial charge in [-0.15, -0.1) is 0 Å². The SMILES string of the molecule is CN1C(=N)N[C@](C)(c2ccccc2)[C@@H](c2ccc(C(C)(C)C)cc2)C1=O. The Morgan fingerprint density at radius 3 is 2.15 bits per heavy atom. The predicted molar refractivity (Wildman–Crippen MR) is 105 cm³/mol. The maximum Gasteiger partial charge on any atom is 0.239 e. The highest BCUT2D eigenvalue weighted by Crippen LogP contribution is 2.41. The van der Waals surface area contributed by atoms with Crippen molar-refractivity contribution in [3.8, 4) is 0 Å². The van der Waals surface area contributed by atoms with Crippen LogP contribution in [0.5, 0.6) is 0 Å². The van der Waals surface area contributed by atoms with E-state index in [9.17, 15) is 4.79 Å². The van der Waals surface area contributed by atoms with Crippen molar-refractivity contribution in [1.82, 2.24) is 10.2 Å². The third-order valence-electron chi connectivity index (χ3n) is 5.35. The fourth-order valence-corrected chi connectivity index (χ4v) is 3.63. The third kappa shape index (κ3) is 3.00. The Labute approximate surface area is 155 Å². The number of benzene rings is 2. The molecule has 1 heterocycles. The first-order valence-electron chi connectivity index (χ1n) is 8.95. The number of nitrogens with zero attached hydrogens (tertiary/aromatic N) is 1. The summed E-state index contributed by atoms with van der Waals surface area (Å²) in [5, 5.41) is 11.5. The van der Waals surface area contributed by atoms with Crippen molar-refractivity contribution in [2.24, 2.45) is 0 Å². The van der Waals surface area contributed by atoms with E-state index in [4.69, 9.17) is 5.41 Å². The topological polar surface area (TPSA) is 56.2 Å². The van der Waals surface area contributed by atoms with E-state index in [0.717, 1.165) is 11.1 Å². The van der Waals surface area contributed by atoms with Crippen LogP contribution in [0.1, 0.15) is 50.3 Å². The normalized spacial score (nSPS) is 23.7. The molecule has 1 aliphatic rings. The Kier molecular flexibility index (Phi) is 4.39. The molecule has 0 aliphatic carbocycles. The quantitative estimate of drug-likeness (QED) is 0.862. The van der Waals surface area contributed by atoms with Crippen LogP contribution in [0.2, 0.25) is 0 Å². The zero-order valence-corrected chi connectivity index (χ0v) is 16.1. The summed E-state index contributed by atoms with van der Waals surface area (Å²) in [4.78, 5) is 14.5. The average Bonchev–Trinajstić information content (AvgIpc) is 2.60. The molecule has 1 aliphatic heterocycles. The van der Waals surface area contributed by atoms with E-state index >= 15 is 0 Å². The summed E-state index contributed by atoms with van der Waals surface area (Å²) in [5.41, 5.74) is 2.58. The van der Waals surface area contributed by atoms with E-state index in [1.165, 1.54) is 10.5 Å². The van der Waals surface area contributed by atoms with E-state index in [0.29, 0.717) is 0 Å². The van der Waals surface area contributed by atoms with E-state index in [2.05, 4.69) is 50.4 Å². The molecule has 4 nitrogen and oxygen atoms in total. The fraction of sp³-hybridized carbons (Fsp3) is 0.364. The van der Waals surface area contributed by atoms with Crippen LogP contribution in [0.4, 0.5) is 0 Å². The summed E-state index contributed by atoms with van der Waals surface area (Å²) in [6.45, 7) is 8.54. The first kappa shape index (κ1) is 18.2. The number of hydrogen-bond donors (Lipinski definition) is 2. The molecule has 1 fully saturated rings. The van der Waals surface area contributed by atoms with Crippen molar-refractivity contribution < 1.29 is 4.79 Å². The molecule has 2 N–H and O–H groups in total. The molecule has 2 aromatic carbocycles. The summed E-state index contributed by atoms with van der Waals surface area (Å²) >= 11 is 0. The van der Waals surface area contributed by atoms with Crippen LogP contribution in [0, 0.1) is 5.41 Å². The molecule has 0 spiro atoms. The second kappa shape index (κ2) is 6.27. The molecule has 4 heteroatoms. The number of nitrogens with one attached hydrogen (secondary N) is 2. The number of amides is 1. The van der Waals surface area contributed by atoms with E-state index < -0.39 is 11.5 Å². The van der Waals surface area contributed by atoms with E-state index in [1.54, 1.807) is 7.05 Å². The van der Waals surface area contributed by atoms with Crippen LogP contribution in [0.25, 0.3) is 0 Å². The molecule has 0 bridgehead atoms. The molecular formula is C22H27N3O. The molecule has 0 saturated carbocycles. The number of carbonyl (C=O) groups excluding carboxylic acids is 1. The number of likely N-dealkylation sites (N-methyl/N-ethyl adjacent to an activating group) is 1. The highest BCUT2D eigenvalue weighted by atomic mass is 16.2. The van der Waals surface area contributed by atoms with E-state index in [-0.39, 0.29) is 17.3 Å². The minimum atomic E-state index is -0.675. The molecule has 0 aromatic heterocycles. The molecule has 2 aromatic rings. The molecular weight excluding hydrogens is 322 g/mol. The highest BCUT2D eigenvalue weighted by Gasteiger charge is 2.48. The van der Waals surface area contributed by atoms with Gasteiger partial charge in [0.1, 0.15) is 0 Å². The molecule has 3 rings (SSSR count). The van der Waals surface area contributed by atoms with Gasteiger partial charge >= 0.3 is 0 Å². The van der Waals surface area contributed by atoms with Gasteiger partial charge in [0.25, 0.3) is 0 Å². The van der Waals surface area contributed by atoms with Gasteiger partial charge in [0.2, 0.25) is 5.91 Å². The summed E-state index contributed by atoms with van der Waals surface area (Å²) in [6, 6.07) is 18.2. The summed E-state index contributed by atoms with van der Waals surface area (Å²) in [6.07, 6.45) is 0. The fourth-order valence-electron chi connectivity index (χ4n) is 3.63.